The molecule has 0 spiro atoms. The highest BCUT2D eigenvalue weighted by molar-refractivity contribution is 7.79. The van der Waals surface area contributed by atoms with E-state index < -0.39 is 73.5 Å². The molecule has 0 saturated heterocycles. The number of esters is 2. The van der Waals surface area contributed by atoms with Gasteiger partial charge in [-0.15, -0.1) is 0 Å². The van der Waals surface area contributed by atoms with Crippen molar-refractivity contribution in [1.29, 1.82) is 0 Å². The Hall–Kier alpha value is -3.90. The third-order valence-electron chi connectivity index (χ3n) is 12.4. The number of carbonyl (C=O) groups excluding carboxylic acids is 3. The molecule has 1 rings (SSSR count). The van der Waals surface area contributed by atoms with Gasteiger partial charge < -0.3 is 19.1 Å². The molecular formula is C57H94NO15PS. The number of hydrogen-bond acceptors (Lipinski definition) is 12. The molecule has 0 radical (unpaired) electrons. The Bertz CT molecular complexity index is 1970. The van der Waals surface area contributed by atoms with Crippen molar-refractivity contribution in [2.45, 2.75) is 264 Å². The Morgan fingerprint density at radius 3 is 1.25 bits per heavy atom. The molecule has 0 heterocycles. The number of carboxylic acid groups (broad SMARTS) is 1. The zero-order valence-electron chi connectivity index (χ0n) is 45.9. The molecule has 1 aliphatic carbocycles. The highest BCUT2D eigenvalue weighted by Crippen LogP contribution is 2.50. The van der Waals surface area contributed by atoms with Gasteiger partial charge in [0.15, 0.2) is 6.10 Å². The second kappa shape index (κ2) is 47.3. The molecule has 428 valence electrons. The summed E-state index contributed by atoms with van der Waals surface area (Å²) in [6, 6.07) is 0. The number of hydrogen-bond donors (Lipinski definition) is 4. The van der Waals surface area contributed by atoms with Crippen molar-refractivity contribution >= 4 is 42.1 Å². The third-order valence-corrected chi connectivity index (χ3v) is 13.3. The molecular weight excluding hydrogens is 1000 g/mol. The molecule has 0 aromatic carbocycles. The number of phosphoric ester groups is 1. The summed E-state index contributed by atoms with van der Waals surface area (Å²) >= 11 is 0. The van der Waals surface area contributed by atoms with E-state index in [0.29, 0.717) is 12.8 Å². The molecule has 1 saturated carbocycles. The van der Waals surface area contributed by atoms with Gasteiger partial charge in [0.2, 0.25) is 0 Å². The molecule has 1 unspecified atom stereocenters. The van der Waals surface area contributed by atoms with Crippen molar-refractivity contribution < 1.29 is 69.8 Å². The van der Waals surface area contributed by atoms with E-state index in [1.807, 2.05) is 0 Å². The smallest absolute Gasteiger partial charge is 0.480 e. The largest absolute Gasteiger partial charge is 0.529 e. The highest BCUT2D eigenvalue weighted by atomic mass is 32.3. The average molecular weight is 1100 g/mol. The fourth-order valence-electron chi connectivity index (χ4n) is 8.01. The number of unbranched alkanes of at least 4 members (excludes halogenated alkanes) is 28. The lowest BCUT2D eigenvalue weighted by Crippen LogP contribution is -2.46. The predicted molar refractivity (Wildman–Crippen MR) is 293 cm³/mol. The van der Waals surface area contributed by atoms with Crippen LogP contribution in [0.1, 0.15) is 252 Å². The van der Waals surface area contributed by atoms with Gasteiger partial charge in [0.1, 0.15) is 18.8 Å². The molecule has 0 bridgehead atoms. The monoisotopic (exact) mass is 1100 g/mol. The summed E-state index contributed by atoms with van der Waals surface area (Å²) in [5, 5.41) is 9.27. The molecule has 75 heavy (non-hydrogen) atoms. The van der Waals surface area contributed by atoms with Crippen molar-refractivity contribution in [2.75, 3.05) is 26.3 Å². The lowest BCUT2D eigenvalue weighted by molar-refractivity contribution is -0.161. The van der Waals surface area contributed by atoms with E-state index in [1.54, 1.807) is 6.92 Å². The number of carboxylic acids is 1. The molecule has 0 aromatic heterocycles. The first kappa shape index (κ1) is 71.1. The minimum Gasteiger partial charge on any atom is -0.480 e. The van der Waals surface area contributed by atoms with Crippen molar-refractivity contribution in [1.82, 2.24) is 4.90 Å². The fourth-order valence-corrected chi connectivity index (χ4v) is 8.80. The fraction of sp³-hybridized carbons (Fsp3) is 0.789. The van der Waals surface area contributed by atoms with Gasteiger partial charge in [-0.2, -0.15) is 8.42 Å². The quantitative estimate of drug-likeness (QED) is 0.0146. The number of likely N-dealkylation sites (N-methyl/N-ethyl adjacent to an activating group) is 1. The minimum atomic E-state index is -5.03. The Morgan fingerprint density at radius 2 is 0.907 bits per heavy atom. The zero-order valence-corrected chi connectivity index (χ0v) is 47.7. The standard InChI is InChI=1S/C57H92NO11P.H2O4S/c1-4-7-9-11-13-15-17-19-21-23-25-27-29-31-33-35-37-39-41-43-45-54(61)66-50-52(51-67-70(64,65)69-56(63)57(47-48-57)58(6-3)49-53(59)60)68-55(62)46-44-42-40-38-36-34-32-30-28-26-24-22-20-18-16-14-12-10-8-5-2;1-5(2,3)4/h52H,4-22,31-51H2,1-3H3,(H,59,60)(H,64,65);(H2,1,2,3,4)/t52-;/m1./s1. The van der Waals surface area contributed by atoms with Crippen molar-refractivity contribution in [3.8, 4) is 47.4 Å². The second-order valence-corrected chi connectivity index (χ2v) is 21.5. The van der Waals surface area contributed by atoms with E-state index in [4.69, 9.17) is 36.0 Å². The van der Waals surface area contributed by atoms with Crippen molar-refractivity contribution in [2.24, 2.45) is 0 Å². The van der Waals surface area contributed by atoms with Crippen LogP contribution in [0.15, 0.2) is 0 Å². The first-order valence-corrected chi connectivity index (χ1v) is 31.0. The third kappa shape index (κ3) is 47.1. The van der Waals surface area contributed by atoms with Gasteiger partial charge in [0, 0.05) is 38.5 Å². The summed E-state index contributed by atoms with van der Waals surface area (Å²) in [5.41, 5.74) is -1.33. The van der Waals surface area contributed by atoms with E-state index in [1.165, 1.54) is 94.8 Å². The minimum absolute atomic E-state index is 0.0956. The number of ether oxygens (including phenoxy) is 2. The SMILES string of the molecule is CCCCCCCCCCC#CC#CCCCCCCCCC(=O)OC[C@H](COP(=O)(O)OC(=O)C1(N(CC)CC(=O)O)CC1)OC(=O)CCCCCCCCC#CC#CCCCCCCCCCC.O=S(=O)(O)O. The second-order valence-electron chi connectivity index (χ2n) is 19.2. The Kier molecular flexibility index (Phi) is 44.9. The van der Waals surface area contributed by atoms with Gasteiger partial charge in [-0.05, 0) is 81.6 Å². The van der Waals surface area contributed by atoms with E-state index in [0.717, 1.165) is 103 Å². The van der Waals surface area contributed by atoms with Crippen LogP contribution in [0, 0.1) is 47.4 Å². The predicted octanol–water partition coefficient (Wildman–Crippen LogP) is 12.7. The van der Waals surface area contributed by atoms with Crippen LogP contribution in [0.25, 0.3) is 0 Å². The van der Waals surface area contributed by atoms with Crippen LogP contribution in [-0.4, -0.2) is 94.2 Å². The molecule has 0 aromatic rings. The summed E-state index contributed by atoms with van der Waals surface area (Å²) in [4.78, 5) is 61.7. The van der Waals surface area contributed by atoms with Crippen LogP contribution in [0.5, 0.6) is 0 Å². The van der Waals surface area contributed by atoms with E-state index in [-0.39, 0.29) is 32.2 Å². The van der Waals surface area contributed by atoms with E-state index in [9.17, 15) is 33.7 Å². The van der Waals surface area contributed by atoms with Gasteiger partial charge in [-0.1, -0.05) is 186 Å². The van der Waals surface area contributed by atoms with E-state index in [2.05, 4.69) is 61.2 Å². The average Bonchev–Trinajstić information content (AvgIpc) is 4.17. The number of nitrogens with zero attached hydrogens (tertiary/aromatic N) is 1. The number of carbonyl (C=O) groups is 4. The number of aliphatic carboxylic acids is 1. The molecule has 18 heteroatoms. The van der Waals surface area contributed by atoms with Crippen LogP contribution in [0.3, 0.4) is 0 Å². The summed E-state index contributed by atoms with van der Waals surface area (Å²) in [5.74, 6) is 21.2. The summed E-state index contributed by atoms with van der Waals surface area (Å²) in [7, 11) is -9.69. The molecule has 2 atom stereocenters. The van der Waals surface area contributed by atoms with Gasteiger partial charge in [0.05, 0.1) is 6.54 Å². The number of rotatable bonds is 44. The normalized spacial score (nSPS) is 13.3. The van der Waals surface area contributed by atoms with Gasteiger partial charge in [0.25, 0.3) is 0 Å². The summed E-state index contributed by atoms with van der Waals surface area (Å²) < 4.78 is 65.4. The first-order chi connectivity index (χ1) is 36.0. The maximum atomic E-state index is 13.0. The lowest BCUT2D eigenvalue weighted by atomic mass is 10.1. The Balaban J connectivity index is 0.0000104. The molecule has 0 amide bonds. The Morgan fingerprint density at radius 1 is 0.560 bits per heavy atom. The van der Waals surface area contributed by atoms with Crippen LogP contribution in [0.4, 0.5) is 0 Å². The van der Waals surface area contributed by atoms with Crippen LogP contribution < -0.4 is 0 Å². The van der Waals surface area contributed by atoms with Gasteiger partial charge >= 0.3 is 42.1 Å². The van der Waals surface area contributed by atoms with Crippen molar-refractivity contribution in [3.63, 3.8) is 0 Å². The zero-order chi connectivity index (χ0) is 55.7. The topological polar surface area (TPSA) is 241 Å². The van der Waals surface area contributed by atoms with Crippen LogP contribution >= 0.6 is 7.82 Å². The summed E-state index contributed by atoms with van der Waals surface area (Å²) in [6.07, 6.45) is 34.6. The maximum Gasteiger partial charge on any atom is 0.529 e. The molecule has 16 nitrogen and oxygen atoms in total. The lowest BCUT2D eigenvalue weighted by Gasteiger charge is -2.28. The van der Waals surface area contributed by atoms with Gasteiger partial charge in [-0.3, -0.25) is 37.8 Å². The van der Waals surface area contributed by atoms with Crippen LogP contribution in [-0.2, 0) is 52.7 Å². The highest BCUT2D eigenvalue weighted by Gasteiger charge is 2.57. The van der Waals surface area contributed by atoms with Gasteiger partial charge in [-0.25, -0.2) is 9.36 Å². The van der Waals surface area contributed by atoms with Crippen molar-refractivity contribution in [3.05, 3.63) is 0 Å². The molecule has 4 N–H and O–H groups in total. The first-order valence-electron chi connectivity index (χ1n) is 28.1. The van der Waals surface area contributed by atoms with Crippen LogP contribution in [0.2, 0.25) is 0 Å². The maximum absolute atomic E-state index is 13.0. The van der Waals surface area contributed by atoms with E-state index >= 15 is 0 Å². The Labute approximate surface area is 452 Å². The number of phosphoric acid groups is 1. The molecule has 1 fully saturated rings. The molecule has 1 aliphatic rings. The molecule has 0 aliphatic heterocycles. The summed E-state index contributed by atoms with van der Waals surface area (Å²) in [6.45, 7) is 4.83.